The van der Waals surface area contributed by atoms with E-state index in [0.717, 1.165) is 24.1 Å². The zero-order valence-corrected chi connectivity index (χ0v) is 21.7. The average Bonchev–Trinajstić information content (AvgIpc) is 2.81. The smallest absolute Gasteiger partial charge is 0.407 e. The first-order valence-corrected chi connectivity index (χ1v) is 12.5. The summed E-state index contributed by atoms with van der Waals surface area (Å²) >= 11 is 5.70. The molecule has 0 radical (unpaired) electrons. The number of fused-ring (bicyclic) bond motifs is 1. The Morgan fingerprint density at radius 1 is 1.09 bits per heavy atom. The van der Waals surface area contributed by atoms with Crippen LogP contribution in [-0.2, 0) is 30.2 Å². The van der Waals surface area contributed by atoms with Crippen molar-refractivity contribution in [1.29, 1.82) is 0 Å². The van der Waals surface area contributed by atoms with Gasteiger partial charge in [0.15, 0.2) is 5.78 Å². The van der Waals surface area contributed by atoms with Crippen molar-refractivity contribution in [3.8, 4) is 5.75 Å². The van der Waals surface area contributed by atoms with Crippen LogP contribution in [0.1, 0.15) is 45.6 Å². The van der Waals surface area contributed by atoms with Gasteiger partial charge in [0, 0.05) is 31.8 Å². The maximum atomic E-state index is 12.1. The summed E-state index contributed by atoms with van der Waals surface area (Å²) in [6.07, 6.45) is 2.22. The number of aryl methyl sites for hydroxylation is 1. The number of nitrogens with one attached hydrogen (secondary N) is 1. The maximum absolute atomic E-state index is 12.1. The summed E-state index contributed by atoms with van der Waals surface area (Å²) in [5.74, 6) is 0.456. The molecule has 10 heteroatoms. The standard InChI is InChI=1S/C25H37ClN2O7/c1-25(2,3)35-24(31)27-10-13-33-15-14-32-12-5-7-20(29)18-34-21-8-9-22-19(16-21)6-4-11-28(22)23(30)17-26/h8-9,16H,4-7,10-15,17-18H2,1-3H3,(H,27,31). The van der Waals surface area contributed by atoms with Crippen LogP contribution in [-0.4, -0.2) is 75.4 Å². The number of rotatable bonds is 14. The molecular weight excluding hydrogens is 476 g/mol. The van der Waals surface area contributed by atoms with Crippen LogP contribution < -0.4 is 15.0 Å². The van der Waals surface area contributed by atoms with Gasteiger partial charge in [-0.3, -0.25) is 9.59 Å². The quantitative estimate of drug-likeness (QED) is 0.300. The molecule has 0 saturated heterocycles. The Kier molecular flexibility index (Phi) is 12.3. The molecule has 35 heavy (non-hydrogen) atoms. The number of Topliss-reactive ketones (excluding diaryl/α,β-unsaturated/α-hetero) is 1. The highest BCUT2D eigenvalue weighted by atomic mass is 35.5. The van der Waals surface area contributed by atoms with E-state index in [1.54, 1.807) is 31.7 Å². The summed E-state index contributed by atoms with van der Waals surface area (Å²) in [4.78, 5) is 37.3. The zero-order chi connectivity index (χ0) is 25.7. The second-order valence-corrected chi connectivity index (χ2v) is 9.42. The predicted octanol–water partition coefficient (Wildman–Crippen LogP) is 3.49. The Morgan fingerprint density at radius 2 is 1.83 bits per heavy atom. The molecule has 196 valence electrons. The molecule has 1 aromatic rings. The fraction of sp³-hybridized carbons (Fsp3) is 0.640. The van der Waals surface area contributed by atoms with Crippen LogP contribution in [0, 0.1) is 0 Å². The van der Waals surface area contributed by atoms with Crippen molar-refractivity contribution >= 4 is 35.1 Å². The molecule has 1 aliphatic rings. The van der Waals surface area contributed by atoms with Gasteiger partial charge >= 0.3 is 6.09 Å². The fourth-order valence-corrected chi connectivity index (χ4v) is 3.61. The molecular formula is C25H37ClN2O7. The van der Waals surface area contributed by atoms with Crippen molar-refractivity contribution in [2.24, 2.45) is 0 Å². The summed E-state index contributed by atoms with van der Waals surface area (Å²) in [7, 11) is 0. The largest absolute Gasteiger partial charge is 0.486 e. The molecule has 2 amide bonds. The number of hydrogen-bond acceptors (Lipinski definition) is 7. The number of ether oxygens (including phenoxy) is 4. The van der Waals surface area contributed by atoms with E-state index >= 15 is 0 Å². The second kappa shape index (κ2) is 14.9. The highest BCUT2D eigenvalue weighted by Gasteiger charge is 2.22. The van der Waals surface area contributed by atoms with Crippen molar-refractivity contribution in [2.75, 3.05) is 56.9 Å². The van der Waals surface area contributed by atoms with Crippen LogP contribution in [0.3, 0.4) is 0 Å². The van der Waals surface area contributed by atoms with Gasteiger partial charge in [-0.25, -0.2) is 4.79 Å². The van der Waals surface area contributed by atoms with Gasteiger partial charge in [0.25, 0.3) is 0 Å². The summed E-state index contributed by atoms with van der Waals surface area (Å²) < 4.78 is 21.6. The summed E-state index contributed by atoms with van der Waals surface area (Å²) in [5, 5.41) is 2.61. The highest BCUT2D eigenvalue weighted by Crippen LogP contribution is 2.30. The van der Waals surface area contributed by atoms with Gasteiger partial charge in [0.1, 0.15) is 23.8 Å². The third-order valence-electron chi connectivity index (χ3n) is 5.02. The van der Waals surface area contributed by atoms with Gasteiger partial charge in [-0.15, -0.1) is 11.6 Å². The molecule has 0 saturated carbocycles. The van der Waals surface area contributed by atoms with E-state index < -0.39 is 11.7 Å². The van der Waals surface area contributed by atoms with Crippen LogP contribution in [0.2, 0.25) is 0 Å². The van der Waals surface area contributed by atoms with E-state index in [9.17, 15) is 14.4 Å². The third kappa shape index (κ3) is 11.3. The Balaban J connectivity index is 1.52. The van der Waals surface area contributed by atoms with Gasteiger partial charge in [0.05, 0.1) is 19.8 Å². The van der Waals surface area contributed by atoms with Crippen LogP contribution in [0.5, 0.6) is 5.75 Å². The minimum absolute atomic E-state index is 0.00310. The van der Waals surface area contributed by atoms with Crippen molar-refractivity contribution in [3.63, 3.8) is 0 Å². The number of hydrogen-bond donors (Lipinski definition) is 1. The molecule has 0 aliphatic carbocycles. The van der Waals surface area contributed by atoms with E-state index in [4.69, 9.17) is 30.5 Å². The highest BCUT2D eigenvalue weighted by molar-refractivity contribution is 6.29. The van der Waals surface area contributed by atoms with E-state index in [-0.39, 0.29) is 24.2 Å². The Labute approximate surface area is 212 Å². The first kappa shape index (κ1) is 28.9. The monoisotopic (exact) mass is 512 g/mol. The molecule has 1 heterocycles. The molecule has 0 aromatic heterocycles. The van der Waals surface area contributed by atoms with Crippen LogP contribution in [0.4, 0.5) is 10.5 Å². The molecule has 9 nitrogen and oxygen atoms in total. The number of anilines is 1. The minimum atomic E-state index is -0.525. The van der Waals surface area contributed by atoms with Crippen LogP contribution in [0.25, 0.3) is 0 Å². The van der Waals surface area contributed by atoms with Crippen molar-refractivity contribution in [3.05, 3.63) is 23.8 Å². The summed E-state index contributed by atoms with van der Waals surface area (Å²) in [5.41, 5.74) is 1.36. The average molecular weight is 513 g/mol. The normalized spacial score (nSPS) is 13.2. The van der Waals surface area contributed by atoms with E-state index in [2.05, 4.69) is 5.32 Å². The summed E-state index contributed by atoms with van der Waals surface area (Å²) in [6, 6.07) is 5.52. The number of alkyl carbamates (subject to hydrolysis) is 1. The third-order valence-corrected chi connectivity index (χ3v) is 5.24. The first-order valence-electron chi connectivity index (χ1n) is 12.0. The molecule has 2 rings (SSSR count). The molecule has 1 aromatic carbocycles. The molecule has 0 atom stereocenters. The Morgan fingerprint density at radius 3 is 2.54 bits per heavy atom. The van der Waals surface area contributed by atoms with Crippen molar-refractivity contribution < 1.29 is 33.3 Å². The predicted molar refractivity (Wildman–Crippen MR) is 133 cm³/mol. The first-order chi connectivity index (χ1) is 16.7. The number of nitrogens with zero attached hydrogens (tertiary/aromatic N) is 1. The molecule has 1 aliphatic heterocycles. The van der Waals surface area contributed by atoms with Gasteiger partial charge in [-0.2, -0.15) is 0 Å². The fourth-order valence-electron chi connectivity index (χ4n) is 3.46. The SMILES string of the molecule is CC(C)(C)OC(=O)NCCOCCOCCCC(=O)COc1ccc2c(c1)CCCN2C(=O)CCl. The maximum Gasteiger partial charge on any atom is 0.407 e. The number of ketones is 1. The number of benzene rings is 1. The number of amides is 2. The number of halogens is 1. The lowest BCUT2D eigenvalue weighted by Crippen LogP contribution is -2.36. The van der Waals surface area contributed by atoms with Crippen molar-refractivity contribution in [1.82, 2.24) is 5.32 Å². The topological polar surface area (TPSA) is 103 Å². The number of alkyl halides is 1. The van der Waals surface area contributed by atoms with Gasteiger partial charge in [-0.05, 0) is 63.8 Å². The Bertz CT molecular complexity index is 842. The van der Waals surface area contributed by atoms with E-state index in [1.807, 2.05) is 12.1 Å². The molecule has 1 N–H and O–H groups in total. The molecule has 0 bridgehead atoms. The van der Waals surface area contributed by atoms with E-state index in [0.29, 0.717) is 58.1 Å². The Hall–Kier alpha value is -2.36. The van der Waals surface area contributed by atoms with Gasteiger partial charge in [-0.1, -0.05) is 0 Å². The molecule has 0 fully saturated rings. The molecule has 0 spiro atoms. The lowest BCUT2D eigenvalue weighted by Gasteiger charge is -2.29. The van der Waals surface area contributed by atoms with E-state index in [1.165, 1.54) is 0 Å². The number of carbonyl (C=O) groups is 3. The lowest BCUT2D eigenvalue weighted by atomic mass is 10.0. The number of carbonyl (C=O) groups excluding carboxylic acids is 3. The van der Waals surface area contributed by atoms with Crippen molar-refractivity contribution in [2.45, 2.75) is 52.1 Å². The van der Waals surface area contributed by atoms with Crippen LogP contribution in [0.15, 0.2) is 18.2 Å². The molecule has 0 unspecified atom stereocenters. The summed E-state index contributed by atoms with van der Waals surface area (Å²) in [6.45, 7) is 8.06. The minimum Gasteiger partial charge on any atom is -0.486 e. The lowest BCUT2D eigenvalue weighted by molar-refractivity contribution is -0.121. The second-order valence-electron chi connectivity index (χ2n) is 9.16. The van der Waals surface area contributed by atoms with Crippen LogP contribution >= 0.6 is 11.6 Å². The zero-order valence-electron chi connectivity index (χ0n) is 20.9. The van der Waals surface area contributed by atoms with Gasteiger partial charge < -0.3 is 29.2 Å². The van der Waals surface area contributed by atoms with Gasteiger partial charge in [0.2, 0.25) is 5.91 Å².